The zero-order chi connectivity index (χ0) is 19.5. The van der Waals surface area contributed by atoms with Crippen LogP contribution in [0.4, 0.5) is 0 Å². The van der Waals surface area contributed by atoms with Crippen molar-refractivity contribution in [3.05, 3.63) is 64.7 Å². The van der Waals surface area contributed by atoms with Gasteiger partial charge in [-0.05, 0) is 36.9 Å². The topological polar surface area (TPSA) is 90.6 Å². The number of hydrogen-bond donors (Lipinski definition) is 1. The number of fused-ring (bicyclic) bond motifs is 1. The molecule has 28 heavy (non-hydrogen) atoms. The predicted molar refractivity (Wildman–Crippen MR) is 106 cm³/mol. The summed E-state index contributed by atoms with van der Waals surface area (Å²) in [6, 6.07) is 7.85. The summed E-state index contributed by atoms with van der Waals surface area (Å²) in [5.41, 5.74) is 2.33. The summed E-state index contributed by atoms with van der Waals surface area (Å²) in [4.78, 5) is 20.0. The van der Waals surface area contributed by atoms with Crippen molar-refractivity contribution in [3.63, 3.8) is 0 Å². The van der Waals surface area contributed by atoms with Crippen molar-refractivity contribution in [2.45, 2.75) is 26.4 Å². The minimum Gasteiger partial charge on any atom is -0.385 e. The van der Waals surface area contributed by atoms with Gasteiger partial charge in [0.2, 0.25) is 0 Å². The van der Waals surface area contributed by atoms with Crippen LogP contribution in [0.2, 0.25) is 0 Å². The fraction of sp³-hybridized carbons (Fsp3) is 0.300. The van der Waals surface area contributed by atoms with Crippen LogP contribution in [-0.4, -0.2) is 43.0 Å². The van der Waals surface area contributed by atoms with Crippen molar-refractivity contribution >= 4 is 10.9 Å². The van der Waals surface area contributed by atoms with E-state index in [1.807, 2.05) is 40.5 Å². The van der Waals surface area contributed by atoms with Crippen molar-refractivity contribution in [2.24, 2.45) is 0 Å². The van der Waals surface area contributed by atoms with Crippen LogP contribution in [0.1, 0.15) is 17.8 Å². The first-order chi connectivity index (χ1) is 13.7. The highest BCUT2D eigenvalue weighted by molar-refractivity contribution is 5.83. The number of imidazole rings is 1. The molecular formula is C20H22N6O2. The van der Waals surface area contributed by atoms with E-state index >= 15 is 0 Å². The fourth-order valence-electron chi connectivity index (χ4n) is 3.29. The first-order valence-electron chi connectivity index (χ1n) is 9.16. The molecule has 0 aliphatic rings. The van der Waals surface area contributed by atoms with Gasteiger partial charge in [-0.2, -0.15) is 0 Å². The molecular weight excluding hydrogens is 356 g/mol. The Hall–Kier alpha value is -3.26. The van der Waals surface area contributed by atoms with Crippen LogP contribution in [-0.2, 0) is 17.8 Å². The van der Waals surface area contributed by atoms with Crippen molar-refractivity contribution < 1.29 is 4.74 Å². The minimum atomic E-state index is -0.162. The zero-order valence-corrected chi connectivity index (χ0v) is 15.9. The molecule has 0 atom stereocenters. The molecule has 0 spiro atoms. The molecule has 0 aliphatic heterocycles. The summed E-state index contributed by atoms with van der Waals surface area (Å²) in [5, 5.41) is 9.23. The zero-order valence-electron chi connectivity index (χ0n) is 15.9. The molecule has 0 amide bonds. The van der Waals surface area contributed by atoms with Crippen LogP contribution in [0.25, 0.3) is 22.3 Å². The maximum atomic E-state index is 12.7. The number of hydrogen-bond acceptors (Lipinski definition) is 5. The number of aromatic amines is 1. The number of aryl methyl sites for hydroxylation is 2. The van der Waals surface area contributed by atoms with E-state index in [2.05, 4.69) is 26.2 Å². The lowest BCUT2D eigenvalue weighted by Gasteiger charge is -2.10. The molecule has 4 rings (SSSR count). The number of ether oxygens (including phenoxy) is 1. The molecule has 0 aliphatic carbocycles. The lowest BCUT2D eigenvalue weighted by Crippen LogP contribution is -2.14. The van der Waals surface area contributed by atoms with Gasteiger partial charge in [-0.3, -0.25) is 4.79 Å². The van der Waals surface area contributed by atoms with Gasteiger partial charge in [0, 0.05) is 38.2 Å². The summed E-state index contributed by atoms with van der Waals surface area (Å²) in [7, 11) is 1.69. The number of aromatic nitrogens is 6. The minimum absolute atomic E-state index is 0.162. The second kappa shape index (κ2) is 7.77. The summed E-state index contributed by atoms with van der Waals surface area (Å²) < 4.78 is 9.03. The van der Waals surface area contributed by atoms with Crippen molar-refractivity contribution in [2.75, 3.05) is 13.7 Å². The van der Waals surface area contributed by atoms with Gasteiger partial charge in [-0.15, -0.1) is 10.2 Å². The first kappa shape index (κ1) is 18.1. The van der Waals surface area contributed by atoms with Crippen molar-refractivity contribution in [1.82, 2.24) is 29.3 Å². The summed E-state index contributed by atoms with van der Waals surface area (Å²) in [6.07, 6.45) is 6.14. The normalized spacial score (nSPS) is 11.4. The smallest absolute Gasteiger partial charge is 0.259 e. The average Bonchev–Trinajstić information content (AvgIpc) is 3.32. The van der Waals surface area contributed by atoms with Gasteiger partial charge in [-0.25, -0.2) is 4.98 Å². The van der Waals surface area contributed by atoms with Crippen molar-refractivity contribution in [1.29, 1.82) is 0 Å². The largest absolute Gasteiger partial charge is 0.385 e. The standard InChI is InChI=1S/C20H22N6O2/c1-14-4-5-17-15(10-14)11-16(20(27)23-17)19-21-6-8-25(19)12-18-24-22-13-26(18)7-3-9-28-2/h4-6,8,10-11,13H,3,7,9,12H2,1-2H3,(H,23,27). The lowest BCUT2D eigenvalue weighted by molar-refractivity contribution is 0.190. The highest BCUT2D eigenvalue weighted by Gasteiger charge is 2.14. The van der Waals surface area contributed by atoms with Gasteiger partial charge in [0.15, 0.2) is 5.82 Å². The van der Waals surface area contributed by atoms with Crippen molar-refractivity contribution in [3.8, 4) is 11.4 Å². The second-order valence-corrected chi connectivity index (χ2v) is 6.77. The maximum Gasteiger partial charge on any atom is 0.259 e. The third kappa shape index (κ3) is 3.59. The number of H-pyrrole nitrogens is 1. The Labute approximate surface area is 161 Å². The predicted octanol–water partition coefficient (Wildman–Crippen LogP) is 2.38. The highest BCUT2D eigenvalue weighted by atomic mass is 16.5. The number of nitrogens with zero attached hydrogens (tertiary/aromatic N) is 5. The van der Waals surface area contributed by atoms with Crippen LogP contribution in [0.5, 0.6) is 0 Å². The van der Waals surface area contributed by atoms with E-state index in [4.69, 9.17) is 4.74 Å². The molecule has 8 nitrogen and oxygen atoms in total. The Kier molecular flexibility index (Phi) is 5.03. The van der Waals surface area contributed by atoms with Crippen LogP contribution >= 0.6 is 0 Å². The number of nitrogens with one attached hydrogen (secondary N) is 1. The van der Waals surface area contributed by atoms with Gasteiger partial charge < -0.3 is 18.9 Å². The number of pyridine rings is 1. The number of methoxy groups -OCH3 is 1. The Morgan fingerprint density at radius 2 is 2.11 bits per heavy atom. The third-order valence-electron chi connectivity index (χ3n) is 4.71. The Morgan fingerprint density at radius 3 is 2.96 bits per heavy atom. The molecule has 3 heterocycles. The summed E-state index contributed by atoms with van der Waals surface area (Å²) in [6.45, 7) is 3.96. The first-order valence-corrected chi connectivity index (χ1v) is 9.16. The number of benzene rings is 1. The van der Waals surface area contributed by atoms with E-state index in [0.717, 1.165) is 35.3 Å². The molecule has 0 radical (unpaired) electrons. The molecule has 3 aromatic heterocycles. The molecule has 144 valence electrons. The van der Waals surface area contributed by atoms with Gasteiger partial charge >= 0.3 is 0 Å². The molecule has 0 unspecified atom stereocenters. The van der Waals surface area contributed by atoms with Crippen LogP contribution in [0.3, 0.4) is 0 Å². The van der Waals surface area contributed by atoms with Crippen LogP contribution in [0.15, 0.2) is 47.8 Å². The van der Waals surface area contributed by atoms with E-state index in [-0.39, 0.29) is 5.56 Å². The summed E-state index contributed by atoms with van der Waals surface area (Å²) in [5.74, 6) is 1.42. The van der Waals surface area contributed by atoms with Gasteiger partial charge in [0.25, 0.3) is 5.56 Å². The van der Waals surface area contributed by atoms with E-state index < -0.39 is 0 Å². The molecule has 0 saturated carbocycles. The monoisotopic (exact) mass is 378 g/mol. The summed E-state index contributed by atoms with van der Waals surface area (Å²) >= 11 is 0. The number of rotatable bonds is 7. The molecule has 1 N–H and O–H groups in total. The van der Waals surface area contributed by atoms with Crippen LogP contribution in [0, 0.1) is 6.92 Å². The molecule has 8 heteroatoms. The molecule has 1 aromatic carbocycles. The van der Waals surface area contributed by atoms with E-state index in [9.17, 15) is 4.79 Å². The molecule has 0 bridgehead atoms. The Bertz CT molecular complexity index is 1160. The quantitative estimate of drug-likeness (QED) is 0.499. The molecule has 0 fully saturated rings. The van der Waals surface area contributed by atoms with Gasteiger partial charge in [0.05, 0.1) is 12.1 Å². The van der Waals surface area contributed by atoms with E-state index in [0.29, 0.717) is 24.5 Å². The SMILES string of the molecule is COCCCn1cnnc1Cn1ccnc1-c1cc2cc(C)ccc2[nH]c1=O. The average molecular weight is 378 g/mol. The van der Waals surface area contributed by atoms with Crippen LogP contribution < -0.4 is 5.56 Å². The second-order valence-electron chi connectivity index (χ2n) is 6.77. The van der Waals surface area contributed by atoms with E-state index in [1.165, 1.54) is 0 Å². The fourth-order valence-corrected chi connectivity index (χ4v) is 3.29. The molecule has 4 aromatic rings. The maximum absolute atomic E-state index is 12.7. The van der Waals surface area contributed by atoms with Gasteiger partial charge in [-0.1, -0.05) is 11.6 Å². The third-order valence-corrected chi connectivity index (χ3v) is 4.71. The Morgan fingerprint density at radius 1 is 1.21 bits per heavy atom. The molecule has 0 saturated heterocycles. The van der Waals surface area contributed by atoms with E-state index in [1.54, 1.807) is 19.6 Å². The van der Waals surface area contributed by atoms with Gasteiger partial charge in [0.1, 0.15) is 12.2 Å². The highest BCUT2D eigenvalue weighted by Crippen LogP contribution is 2.20. The Balaban J connectivity index is 1.67. The lowest BCUT2D eigenvalue weighted by atomic mass is 10.1.